The molecule has 3 aromatic carbocycles. The molecule has 3 aromatic rings. The van der Waals surface area contributed by atoms with Gasteiger partial charge in [-0.2, -0.15) is 0 Å². The third-order valence-electron chi connectivity index (χ3n) is 10.1. The van der Waals surface area contributed by atoms with Crippen molar-refractivity contribution < 1.29 is 19.2 Å². The van der Waals surface area contributed by atoms with Crippen molar-refractivity contribution in [3.05, 3.63) is 76.3 Å². The van der Waals surface area contributed by atoms with Crippen LogP contribution in [0, 0.1) is 11.8 Å². The van der Waals surface area contributed by atoms with E-state index in [1.165, 1.54) is 17.8 Å². The smallest absolute Gasteiger partial charge is 0.255 e. The van der Waals surface area contributed by atoms with Crippen LogP contribution in [0.3, 0.4) is 0 Å². The van der Waals surface area contributed by atoms with Gasteiger partial charge in [-0.3, -0.25) is 29.2 Å². The Morgan fingerprint density at radius 2 is 1.08 bits per heavy atom. The second kappa shape index (κ2) is 25.5. The van der Waals surface area contributed by atoms with Gasteiger partial charge in [0, 0.05) is 42.9 Å². The molecule has 20 N–H and O–H groups in total. The second-order valence-corrected chi connectivity index (χ2v) is 18.9. The summed E-state index contributed by atoms with van der Waals surface area (Å²) in [4.78, 5) is 63.7. The Morgan fingerprint density at radius 1 is 0.636 bits per heavy atom. The van der Waals surface area contributed by atoms with Gasteiger partial charge in [0.05, 0.1) is 45.3 Å². The van der Waals surface area contributed by atoms with Gasteiger partial charge in [-0.15, -0.1) is 11.8 Å². The molecule has 4 amide bonds. The van der Waals surface area contributed by atoms with E-state index in [2.05, 4.69) is 43.1 Å². The number of amides is 4. The number of carbonyl (C=O) groups is 4. The molecule has 66 heavy (non-hydrogen) atoms. The molecule has 18 nitrogen and oxygen atoms in total. The Hall–Kier alpha value is -6.17. The van der Waals surface area contributed by atoms with Gasteiger partial charge in [0.1, 0.15) is 0 Å². The molecule has 0 saturated carbocycles. The highest BCUT2D eigenvalue weighted by Crippen LogP contribution is 2.40. The van der Waals surface area contributed by atoms with E-state index in [1.807, 2.05) is 65.8 Å². The summed E-state index contributed by atoms with van der Waals surface area (Å²) in [6, 6.07) is 11.9. The van der Waals surface area contributed by atoms with E-state index in [9.17, 15) is 19.2 Å². The number of nitrogens with two attached hydrogens (primary N) is 8. The van der Waals surface area contributed by atoms with Gasteiger partial charge < -0.3 is 67.1 Å². The van der Waals surface area contributed by atoms with E-state index < -0.39 is 46.5 Å². The number of unbranched alkanes of at least 4 members (excludes halogenated alkanes) is 1. The Bertz CT molecular complexity index is 2300. The average molecular weight is 927 g/mol. The number of anilines is 4. The highest BCUT2D eigenvalue weighted by Gasteiger charge is 2.25. The van der Waals surface area contributed by atoms with E-state index in [-0.39, 0.29) is 23.0 Å². The lowest BCUT2D eigenvalue weighted by Gasteiger charge is -2.25. The van der Waals surface area contributed by atoms with Crippen molar-refractivity contribution in [3.8, 4) is 11.8 Å². The van der Waals surface area contributed by atoms with Gasteiger partial charge >= 0.3 is 0 Å². The summed E-state index contributed by atoms with van der Waals surface area (Å²) >= 11 is 1.37. The number of rotatable bonds is 21. The van der Waals surface area contributed by atoms with Crippen LogP contribution in [-0.2, 0) is 20.4 Å². The summed E-state index contributed by atoms with van der Waals surface area (Å²) in [5.74, 6) is 4.78. The first kappa shape index (κ1) is 54.2. The first-order valence-electron chi connectivity index (χ1n) is 21.9. The predicted molar refractivity (Wildman–Crippen MR) is 271 cm³/mol. The third-order valence-corrected chi connectivity index (χ3v) is 11.2. The third kappa shape index (κ3) is 17.3. The number of nitrogens with one attached hydrogen (secondary N) is 4. The molecular formula is C47H70N14O4S. The highest BCUT2D eigenvalue weighted by molar-refractivity contribution is 7.99. The molecule has 1 unspecified atom stereocenters. The summed E-state index contributed by atoms with van der Waals surface area (Å²) in [6.07, 6.45) is 2.75. The summed E-state index contributed by atoms with van der Waals surface area (Å²) in [5.41, 5.74) is 49.1. The van der Waals surface area contributed by atoms with Gasteiger partial charge in [-0.1, -0.05) is 59.4 Å². The van der Waals surface area contributed by atoms with Crippen molar-refractivity contribution in [2.75, 3.05) is 53.2 Å². The van der Waals surface area contributed by atoms with Crippen molar-refractivity contribution in [1.29, 1.82) is 0 Å². The van der Waals surface area contributed by atoms with Gasteiger partial charge in [0.15, 0.2) is 11.9 Å². The minimum atomic E-state index is -0.879. The first-order chi connectivity index (χ1) is 31.0. The van der Waals surface area contributed by atoms with E-state index in [1.54, 1.807) is 18.2 Å². The molecular weight excluding hydrogens is 857 g/mol. The van der Waals surface area contributed by atoms with Crippen molar-refractivity contribution >= 4 is 70.1 Å². The van der Waals surface area contributed by atoms with Gasteiger partial charge in [-0.25, -0.2) is 0 Å². The molecule has 0 spiro atoms. The van der Waals surface area contributed by atoms with Crippen LogP contribution in [0.5, 0.6) is 0 Å². The highest BCUT2D eigenvalue weighted by atomic mass is 32.2. The van der Waals surface area contributed by atoms with Crippen LogP contribution in [0.4, 0.5) is 22.7 Å². The molecule has 0 aromatic heterocycles. The largest absolute Gasteiger partial charge is 0.370 e. The molecule has 19 heteroatoms. The topological polar surface area (TPSA) is 349 Å². The number of aliphatic imine (C=N–C) groups is 2. The Balaban J connectivity index is 2.03. The molecule has 0 aliphatic rings. The van der Waals surface area contributed by atoms with Crippen LogP contribution in [0.15, 0.2) is 63.4 Å². The number of guanidine groups is 2. The molecule has 0 aliphatic heterocycles. The van der Waals surface area contributed by atoms with Gasteiger partial charge in [-0.05, 0) is 103 Å². The van der Waals surface area contributed by atoms with Crippen LogP contribution in [0.1, 0.15) is 117 Å². The number of carbonyl (C=O) groups excluding carboxylic acids is 4. The zero-order valence-corrected chi connectivity index (χ0v) is 39.9. The lowest BCUT2D eigenvalue weighted by Crippen LogP contribution is -2.36. The summed E-state index contributed by atoms with van der Waals surface area (Å²) in [6.45, 7) is 13.5. The van der Waals surface area contributed by atoms with E-state index in [0.717, 1.165) is 11.1 Å². The monoisotopic (exact) mass is 927 g/mol. The molecule has 0 bridgehead atoms. The fraction of sp³-hybridized carbons (Fsp3) is 0.447. The number of nitrogens with zero attached hydrogens (tertiary/aromatic N) is 2. The Labute approximate surface area is 393 Å². The normalized spacial score (nSPS) is 12.2. The second-order valence-electron chi connectivity index (χ2n) is 17.8. The lowest BCUT2D eigenvalue weighted by molar-refractivity contribution is -0.118. The fourth-order valence-corrected chi connectivity index (χ4v) is 7.11. The minimum Gasteiger partial charge on any atom is -0.370 e. The number of hydrogen-bond acceptors (Lipinski definition) is 11. The molecule has 0 fully saturated rings. The van der Waals surface area contributed by atoms with Gasteiger partial charge in [0.2, 0.25) is 11.8 Å². The summed E-state index contributed by atoms with van der Waals surface area (Å²) < 4.78 is 0. The van der Waals surface area contributed by atoms with Crippen LogP contribution in [-0.4, -0.2) is 79.6 Å². The Morgan fingerprint density at radius 3 is 1.53 bits per heavy atom. The Kier molecular flexibility index (Phi) is 20.9. The maximum absolute atomic E-state index is 14.2. The first-order valence-corrected chi connectivity index (χ1v) is 22.9. The van der Waals surface area contributed by atoms with Crippen LogP contribution >= 0.6 is 11.8 Å². The summed E-state index contributed by atoms with van der Waals surface area (Å²) in [7, 11) is 0. The molecule has 358 valence electrons. The number of benzene rings is 3. The molecule has 0 saturated heterocycles. The summed E-state index contributed by atoms with van der Waals surface area (Å²) in [5, 5.41) is 12.0. The van der Waals surface area contributed by atoms with Crippen molar-refractivity contribution in [2.24, 2.45) is 55.9 Å². The van der Waals surface area contributed by atoms with Crippen molar-refractivity contribution in [1.82, 2.24) is 0 Å². The lowest BCUT2D eigenvalue weighted by atomic mass is 9.85. The predicted octanol–water partition coefficient (Wildman–Crippen LogP) is 3.57. The standard InChI is InChI=1S/C47H70N14O4S/c1-46(2,3)30-24-35(32(15-8-7-9-18-48)36(25-30)59-42(64)33(50)16-11-20-56-44(52)53)58-40(62)28-13-10-14-29(23-28)41(63)60-37-26-31(47(4,5)6)27-38(39(37)66-22-19-49)61-43(65)34(51)17-12-21-57-45(54)55/h10,13-14,23-27,33-34H,7,9,11-12,16-22,48-51H2,1-6H3,(H,58,62)(H,59,64)(H,60,63)(H,61,65)(H4,52,53,56)(H4,54,55,57)/t33?,34-/m1/s1. The molecule has 0 aliphatic carbocycles. The average Bonchev–Trinajstić information content (AvgIpc) is 3.24. The fourth-order valence-electron chi connectivity index (χ4n) is 6.25. The van der Waals surface area contributed by atoms with Crippen LogP contribution in [0.25, 0.3) is 0 Å². The maximum atomic E-state index is 14.2. The van der Waals surface area contributed by atoms with Gasteiger partial charge in [0.25, 0.3) is 11.8 Å². The van der Waals surface area contributed by atoms with Crippen molar-refractivity contribution in [2.45, 2.75) is 108 Å². The zero-order valence-electron chi connectivity index (χ0n) is 39.1. The molecule has 0 heterocycles. The number of thioether (sulfide) groups is 1. The van der Waals surface area contributed by atoms with E-state index in [0.29, 0.717) is 104 Å². The minimum absolute atomic E-state index is 0.0387. The molecule has 3 rings (SSSR count). The molecule has 0 radical (unpaired) electrons. The maximum Gasteiger partial charge on any atom is 0.255 e. The van der Waals surface area contributed by atoms with Crippen LogP contribution in [0.2, 0.25) is 0 Å². The zero-order chi connectivity index (χ0) is 49.2. The van der Waals surface area contributed by atoms with Crippen LogP contribution < -0.4 is 67.1 Å². The number of hydrogen-bond donors (Lipinski definition) is 12. The van der Waals surface area contributed by atoms with E-state index >= 15 is 0 Å². The SMILES string of the molecule is CC(C)(C)c1cc(NC(=O)c2cccc(C(=O)Nc3cc(C(C)(C)C)cc(NC(=O)[C@H](N)CCCN=C(N)N)c3SCCN)c2)c(C#CCCCN)c(NC(=O)C(N)CCCN=C(N)N)c1. The molecule has 2 atom stereocenters. The van der Waals surface area contributed by atoms with E-state index in [4.69, 9.17) is 45.9 Å². The quantitative estimate of drug-likeness (QED) is 0.0239. The van der Waals surface area contributed by atoms with Crippen molar-refractivity contribution in [3.63, 3.8) is 0 Å².